The van der Waals surface area contributed by atoms with E-state index < -0.39 is 0 Å². The first kappa shape index (κ1) is 20.1. The Morgan fingerprint density at radius 2 is 1.77 bits per heavy atom. The maximum absolute atomic E-state index is 13.1. The Hall–Kier alpha value is -3.16. The van der Waals surface area contributed by atoms with Gasteiger partial charge in [0.2, 0.25) is 0 Å². The van der Waals surface area contributed by atoms with Gasteiger partial charge in [-0.3, -0.25) is 4.79 Å². The standard InChI is InChI=1S/C21H15Cl2FN4O2/c1-12-8-18-19(27-28(26-18)15-5-3-14(24)4-6-15)10-17(12)25-21(29)11-30-20-7-2-13(22)9-16(20)23/h2-10H,11H2,1H3,(H,25,29). The second-order valence-corrected chi connectivity index (χ2v) is 7.38. The molecule has 0 saturated heterocycles. The van der Waals surface area contributed by atoms with Crippen LogP contribution in [0.25, 0.3) is 16.7 Å². The molecule has 0 spiro atoms. The van der Waals surface area contributed by atoms with Crippen molar-refractivity contribution in [3.8, 4) is 11.4 Å². The van der Waals surface area contributed by atoms with Crippen LogP contribution >= 0.6 is 23.2 Å². The maximum Gasteiger partial charge on any atom is 0.262 e. The number of ether oxygens (including phenoxy) is 1. The van der Waals surface area contributed by atoms with Gasteiger partial charge < -0.3 is 10.1 Å². The topological polar surface area (TPSA) is 69.0 Å². The number of carbonyl (C=O) groups is 1. The van der Waals surface area contributed by atoms with Crippen LogP contribution < -0.4 is 10.1 Å². The van der Waals surface area contributed by atoms with E-state index in [-0.39, 0.29) is 18.3 Å². The average Bonchev–Trinajstić information content (AvgIpc) is 3.10. The number of hydrogen-bond acceptors (Lipinski definition) is 4. The Morgan fingerprint density at radius 1 is 1.07 bits per heavy atom. The van der Waals surface area contributed by atoms with Crippen LogP contribution in [0.2, 0.25) is 10.0 Å². The van der Waals surface area contributed by atoms with Gasteiger partial charge in [-0.1, -0.05) is 23.2 Å². The molecule has 6 nitrogen and oxygen atoms in total. The molecule has 152 valence electrons. The van der Waals surface area contributed by atoms with Crippen LogP contribution in [0.5, 0.6) is 5.75 Å². The van der Waals surface area contributed by atoms with Crippen LogP contribution in [-0.4, -0.2) is 27.5 Å². The SMILES string of the molecule is Cc1cc2nn(-c3ccc(F)cc3)nc2cc1NC(=O)COc1ccc(Cl)cc1Cl. The van der Waals surface area contributed by atoms with E-state index in [2.05, 4.69) is 15.5 Å². The molecule has 30 heavy (non-hydrogen) atoms. The van der Waals surface area contributed by atoms with E-state index in [9.17, 15) is 9.18 Å². The van der Waals surface area contributed by atoms with Crippen molar-refractivity contribution in [3.63, 3.8) is 0 Å². The molecule has 0 unspecified atom stereocenters. The third-order valence-electron chi connectivity index (χ3n) is 4.31. The van der Waals surface area contributed by atoms with Crippen molar-refractivity contribution in [1.82, 2.24) is 15.0 Å². The number of fused-ring (bicyclic) bond motifs is 1. The highest BCUT2D eigenvalue weighted by atomic mass is 35.5. The summed E-state index contributed by atoms with van der Waals surface area (Å²) in [5, 5.41) is 12.4. The monoisotopic (exact) mass is 444 g/mol. The van der Waals surface area contributed by atoms with Gasteiger partial charge in [-0.2, -0.15) is 4.80 Å². The fourth-order valence-corrected chi connectivity index (χ4v) is 3.28. The smallest absolute Gasteiger partial charge is 0.262 e. The predicted molar refractivity (Wildman–Crippen MR) is 114 cm³/mol. The second-order valence-electron chi connectivity index (χ2n) is 6.53. The van der Waals surface area contributed by atoms with Crippen molar-refractivity contribution < 1.29 is 13.9 Å². The third-order valence-corrected chi connectivity index (χ3v) is 4.84. The van der Waals surface area contributed by atoms with E-state index in [1.54, 1.807) is 36.4 Å². The number of nitrogens with one attached hydrogen (secondary N) is 1. The first-order valence-electron chi connectivity index (χ1n) is 8.90. The summed E-state index contributed by atoms with van der Waals surface area (Å²) in [6.45, 7) is 1.63. The number of aromatic nitrogens is 3. The van der Waals surface area contributed by atoms with Crippen molar-refractivity contribution in [2.45, 2.75) is 6.92 Å². The third kappa shape index (κ3) is 4.37. The highest BCUT2D eigenvalue weighted by Crippen LogP contribution is 2.27. The van der Waals surface area contributed by atoms with Gasteiger partial charge in [-0.25, -0.2) is 4.39 Å². The lowest BCUT2D eigenvalue weighted by molar-refractivity contribution is -0.118. The molecule has 4 aromatic rings. The zero-order chi connectivity index (χ0) is 21.3. The van der Waals surface area contributed by atoms with Crippen LogP contribution in [0, 0.1) is 12.7 Å². The van der Waals surface area contributed by atoms with Gasteiger partial charge in [0.1, 0.15) is 22.6 Å². The first-order chi connectivity index (χ1) is 14.4. The molecular weight excluding hydrogens is 430 g/mol. The summed E-state index contributed by atoms with van der Waals surface area (Å²) < 4.78 is 18.6. The maximum atomic E-state index is 13.1. The van der Waals surface area contributed by atoms with Crippen molar-refractivity contribution in [3.05, 3.63) is 76.0 Å². The van der Waals surface area contributed by atoms with E-state index in [1.165, 1.54) is 16.9 Å². The Bertz CT molecular complexity index is 1240. The zero-order valence-electron chi connectivity index (χ0n) is 15.7. The lowest BCUT2D eigenvalue weighted by Crippen LogP contribution is -2.20. The molecule has 9 heteroatoms. The van der Waals surface area contributed by atoms with Crippen molar-refractivity contribution in [2.24, 2.45) is 0 Å². The van der Waals surface area contributed by atoms with E-state index in [0.29, 0.717) is 38.2 Å². The van der Waals surface area contributed by atoms with E-state index in [1.807, 2.05) is 13.0 Å². The molecule has 1 amide bonds. The Morgan fingerprint density at radius 3 is 2.47 bits per heavy atom. The van der Waals surface area contributed by atoms with Crippen molar-refractivity contribution >= 4 is 45.8 Å². The summed E-state index contributed by atoms with van der Waals surface area (Å²) in [5.41, 5.74) is 3.26. The molecule has 0 atom stereocenters. The quantitative estimate of drug-likeness (QED) is 0.459. The lowest BCUT2D eigenvalue weighted by atomic mass is 10.1. The van der Waals surface area contributed by atoms with Gasteiger partial charge in [0, 0.05) is 10.7 Å². The van der Waals surface area contributed by atoms with Gasteiger partial charge in [0.25, 0.3) is 5.91 Å². The van der Waals surface area contributed by atoms with Crippen LogP contribution in [0.4, 0.5) is 10.1 Å². The van der Waals surface area contributed by atoms with E-state index in [0.717, 1.165) is 5.56 Å². The summed E-state index contributed by atoms with van der Waals surface area (Å²) in [4.78, 5) is 13.7. The Balaban J connectivity index is 1.50. The number of anilines is 1. The van der Waals surface area contributed by atoms with Crippen LogP contribution in [0.1, 0.15) is 5.56 Å². The first-order valence-corrected chi connectivity index (χ1v) is 9.66. The number of halogens is 3. The summed E-state index contributed by atoms with van der Waals surface area (Å²) in [6, 6.07) is 14.2. The zero-order valence-corrected chi connectivity index (χ0v) is 17.2. The molecule has 0 aliphatic heterocycles. The summed E-state index contributed by atoms with van der Waals surface area (Å²) >= 11 is 11.9. The van der Waals surface area contributed by atoms with Crippen LogP contribution in [0.3, 0.4) is 0 Å². The number of aryl methyl sites for hydroxylation is 1. The Kier molecular flexibility index (Phi) is 5.57. The minimum Gasteiger partial charge on any atom is -0.482 e. The molecule has 1 N–H and O–H groups in total. The fourth-order valence-electron chi connectivity index (χ4n) is 2.81. The minimum absolute atomic E-state index is 0.221. The fraction of sp³-hybridized carbons (Fsp3) is 0.0952. The highest BCUT2D eigenvalue weighted by Gasteiger charge is 2.12. The largest absolute Gasteiger partial charge is 0.482 e. The van der Waals surface area contributed by atoms with Gasteiger partial charge in [-0.05, 0) is 67.1 Å². The van der Waals surface area contributed by atoms with Crippen LogP contribution in [0.15, 0.2) is 54.6 Å². The molecule has 0 bridgehead atoms. The number of amides is 1. The molecule has 0 radical (unpaired) electrons. The molecule has 1 heterocycles. The molecule has 0 aliphatic carbocycles. The molecule has 4 rings (SSSR count). The molecule has 0 saturated carbocycles. The second kappa shape index (κ2) is 8.30. The normalized spacial score (nSPS) is 10.9. The number of nitrogens with zero attached hydrogens (tertiary/aromatic N) is 3. The summed E-state index contributed by atoms with van der Waals surface area (Å²) in [7, 11) is 0. The average molecular weight is 445 g/mol. The highest BCUT2D eigenvalue weighted by molar-refractivity contribution is 6.35. The predicted octanol–water partition coefficient (Wildman–Crippen LogP) is 5.19. The molecule has 1 aromatic heterocycles. The lowest BCUT2D eigenvalue weighted by Gasteiger charge is -2.10. The van der Waals surface area contributed by atoms with Crippen LogP contribution in [-0.2, 0) is 4.79 Å². The molecule has 0 aliphatic rings. The minimum atomic E-state index is -0.352. The molecule has 0 fully saturated rings. The Labute approximate surface area is 181 Å². The number of carbonyl (C=O) groups excluding carboxylic acids is 1. The van der Waals surface area contributed by atoms with E-state index in [4.69, 9.17) is 27.9 Å². The van der Waals surface area contributed by atoms with Gasteiger partial charge in [-0.15, -0.1) is 10.2 Å². The molecule has 3 aromatic carbocycles. The number of rotatable bonds is 5. The van der Waals surface area contributed by atoms with Gasteiger partial charge in [0.15, 0.2) is 6.61 Å². The number of benzene rings is 3. The van der Waals surface area contributed by atoms with Gasteiger partial charge in [0.05, 0.1) is 10.7 Å². The van der Waals surface area contributed by atoms with E-state index >= 15 is 0 Å². The summed E-state index contributed by atoms with van der Waals surface area (Å²) in [5.74, 6) is -0.321. The summed E-state index contributed by atoms with van der Waals surface area (Å²) in [6.07, 6.45) is 0. The van der Waals surface area contributed by atoms with Crippen molar-refractivity contribution in [2.75, 3.05) is 11.9 Å². The van der Waals surface area contributed by atoms with Crippen molar-refractivity contribution in [1.29, 1.82) is 0 Å². The van der Waals surface area contributed by atoms with Gasteiger partial charge >= 0.3 is 0 Å². The number of hydrogen-bond donors (Lipinski definition) is 1. The molecular formula is C21H15Cl2FN4O2.